The monoisotopic (exact) mass is 273 g/mol. The lowest BCUT2D eigenvalue weighted by atomic mass is 9.79. The molecule has 1 aliphatic carbocycles. The van der Waals surface area contributed by atoms with Gasteiger partial charge in [0.2, 0.25) is 0 Å². The summed E-state index contributed by atoms with van der Waals surface area (Å²) in [5.41, 5.74) is 1.46. The van der Waals surface area contributed by atoms with Gasteiger partial charge in [-0.15, -0.1) is 0 Å². The third kappa shape index (κ3) is 4.34. The average molecular weight is 273 g/mol. The molecule has 0 spiro atoms. The maximum absolute atomic E-state index is 3.96. The van der Waals surface area contributed by atoms with Gasteiger partial charge in [0.15, 0.2) is 0 Å². The van der Waals surface area contributed by atoms with Crippen molar-refractivity contribution in [3.63, 3.8) is 0 Å². The van der Waals surface area contributed by atoms with Crippen molar-refractivity contribution in [2.24, 2.45) is 11.8 Å². The van der Waals surface area contributed by atoms with Crippen LogP contribution in [-0.4, -0.2) is 6.04 Å². The lowest BCUT2D eigenvalue weighted by Crippen LogP contribution is -2.37. The minimum atomic E-state index is 0.539. The van der Waals surface area contributed by atoms with Crippen molar-refractivity contribution in [3.8, 4) is 0 Å². The fourth-order valence-electron chi connectivity index (χ4n) is 3.59. The lowest BCUT2D eigenvalue weighted by molar-refractivity contribution is 0.218. The Balaban J connectivity index is 1.97. The Morgan fingerprint density at radius 2 is 1.90 bits per heavy atom. The lowest BCUT2D eigenvalue weighted by Gasteiger charge is -2.35. The first-order valence-corrected chi connectivity index (χ1v) is 8.51. The van der Waals surface area contributed by atoms with Crippen molar-refractivity contribution in [1.82, 2.24) is 5.32 Å². The van der Waals surface area contributed by atoms with E-state index in [-0.39, 0.29) is 0 Å². The van der Waals surface area contributed by atoms with E-state index < -0.39 is 0 Å². The Kier molecular flexibility index (Phi) is 6.09. The number of benzene rings is 1. The van der Waals surface area contributed by atoms with Gasteiger partial charge in [0, 0.05) is 12.1 Å². The third-order valence-corrected chi connectivity index (χ3v) is 4.87. The van der Waals surface area contributed by atoms with E-state index in [0.29, 0.717) is 12.1 Å². The Hall–Kier alpha value is -0.820. The van der Waals surface area contributed by atoms with Gasteiger partial charge in [-0.3, -0.25) is 0 Å². The molecule has 3 atom stereocenters. The molecule has 2 rings (SSSR count). The molecule has 0 heterocycles. The van der Waals surface area contributed by atoms with Crippen LogP contribution in [0.5, 0.6) is 0 Å². The second-order valence-electron chi connectivity index (χ2n) is 6.79. The molecule has 112 valence electrons. The van der Waals surface area contributed by atoms with Crippen LogP contribution in [0, 0.1) is 11.8 Å². The Bertz CT molecular complexity index is 371. The van der Waals surface area contributed by atoms with Gasteiger partial charge in [-0.25, -0.2) is 0 Å². The molecular formula is C19H31N. The SMILES string of the molecule is CCCC(NC1CCCC(C(C)C)C1)c1ccccc1. The van der Waals surface area contributed by atoms with Gasteiger partial charge in [0.1, 0.15) is 0 Å². The Morgan fingerprint density at radius 3 is 2.55 bits per heavy atom. The van der Waals surface area contributed by atoms with Crippen LogP contribution in [-0.2, 0) is 0 Å². The van der Waals surface area contributed by atoms with Crippen molar-refractivity contribution >= 4 is 0 Å². The summed E-state index contributed by atoms with van der Waals surface area (Å²) >= 11 is 0. The molecule has 0 saturated heterocycles. The topological polar surface area (TPSA) is 12.0 Å². The highest BCUT2D eigenvalue weighted by Gasteiger charge is 2.25. The summed E-state index contributed by atoms with van der Waals surface area (Å²) in [5, 5.41) is 3.96. The molecule has 1 fully saturated rings. The fourth-order valence-corrected chi connectivity index (χ4v) is 3.59. The van der Waals surface area contributed by atoms with E-state index in [0.717, 1.165) is 11.8 Å². The van der Waals surface area contributed by atoms with Gasteiger partial charge < -0.3 is 5.32 Å². The van der Waals surface area contributed by atoms with Crippen molar-refractivity contribution in [2.45, 2.75) is 71.4 Å². The predicted molar refractivity (Wildman–Crippen MR) is 87.8 cm³/mol. The Labute approximate surface area is 125 Å². The highest BCUT2D eigenvalue weighted by molar-refractivity contribution is 5.19. The second-order valence-corrected chi connectivity index (χ2v) is 6.79. The molecule has 1 aromatic rings. The molecule has 20 heavy (non-hydrogen) atoms. The van der Waals surface area contributed by atoms with Gasteiger partial charge in [-0.1, -0.05) is 70.4 Å². The summed E-state index contributed by atoms with van der Waals surface area (Å²) in [5.74, 6) is 1.75. The van der Waals surface area contributed by atoms with Crippen LogP contribution >= 0.6 is 0 Å². The van der Waals surface area contributed by atoms with Gasteiger partial charge in [0.25, 0.3) is 0 Å². The van der Waals surface area contributed by atoms with Gasteiger partial charge in [-0.05, 0) is 36.7 Å². The molecule has 1 N–H and O–H groups in total. The smallest absolute Gasteiger partial charge is 0.0322 e. The molecule has 0 aromatic heterocycles. The van der Waals surface area contributed by atoms with Crippen LogP contribution in [0.2, 0.25) is 0 Å². The number of hydrogen-bond donors (Lipinski definition) is 1. The molecule has 1 heteroatoms. The molecule has 1 aliphatic rings. The zero-order valence-corrected chi connectivity index (χ0v) is 13.4. The zero-order valence-electron chi connectivity index (χ0n) is 13.4. The third-order valence-electron chi connectivity index (χ3n) is 4.87. The van der Waals surface area contributed by atoms with Crippen LogP contribution < -0.4 is 5.32 Å². The van der Waals surface area contributed by atoms with E-state index in [9.17, 15) is 0 Å². The summed E-state index contributed by atoms with van der Waals surface area (Å²) < 4.78 is 0. The van der Waals surface area contributed by atoms with Gasteiger partial charge >= 0.3 is 0 Å². The van der Waals surface area contributed by atoms with Crippen molar-refractivity contribution < 1.29 is 0 Å². The van der Waals surface area contributed by atoms with E-state index in [1.165, 1.54) is 44.1 Å². The van der Waals surface area contributed by atoms with E-state index in [2.05, 4.69) is 56.4 Å². The molecular weight excluding hydrogens is 242 g/mol. The highest BCUT2D eigenvalue weighted by atomic mass is 15.0. The molecule has 1 aromatic carbocycles. The predicted octanol–water partition coefficient (Wildman–Crippen LogP) is 5.33. The fraction of sp³-hybridized carbons (Fsp3) is 0.684. The van der Waals surface area contributed by atoms with E-state index in [1.807, 2.05) is 0 Å². The first-order chi connectivity index (χ1) is 9.70. The molecule has 0 bridgehead atoms. The van der Waals surface area contributed by atoms with Crippen molar-refractivity contribution in [3.05, 3.63) is 35.9 Å². The molecule has 1 saturated carbocycles. The standard InChI is InChI=1S/C19H31N/c1-4-9-19(16-10-6-5-7-11-16)20-18-13-8-12-17(14-18)15(2)3/h5-7,10-11,15,17-20H,4,8-9,12-14H2,1-3H3. The molecule has 3 unspecified atom stereocenters. The van der Waals surface area contributed by atoms with Crippen molar-refractivity contribution in [1.29, 1.82) is 0 Å². The summed E-state index contributed by atoms with van der Waals surface area (Å²) in [6, 6.07) is 12.2. The van der Waals surface area contributed by atoms with Gasteiger partial charge in [0.05, 0.1) is 0 Å². The summed E-state index contributed by atoms with van der Waals surface area (Å²) in [6.07, 6.45) is 8.04. The highest BCUT2D eigenvalue weighted by Crippen LogP contribution is 2.31. The maximum Gasteiger partial charge on any atom is 0.0322 e. The van der Waals surface area contributed by atoms with Crippen LogP contribution in [0.3, 0.4) is 0 Å². The van der Waals surface area contributed by atoms with Crippen molar-refractivity contribution in [2.75, 3.05) is 0 Å². The molecule has 0 aliphatic heterocycles. The quantitative estimate of drug-likeness (QED) is 0.738. The van der Waals surface area contributed by atoms with E-state index >= 15 is 0 Å². The molecule has 0 amide bonds. The largest absolute Gasteiger partial charge is 0.307 e. The maximum atomic E-state index is 3.96. The zero-order chi connectivity index (χ0) is 14.4. The number of rotatable bonds is 6. The molecule has 0 radical (unpaired) electrons. The number of hydrogen-bond acceptors (Lipinski definition) is 1. The normalized spacial score (nSPS) is 24.8. The minimum absolute atomic E-state index is 0.539. The van der Waals surface area contributed by atoms with Crippen LogP contribution in [0.1, 0.15) is 70.9 Å². The average Bonchev–Trinajstić information content (AvgIpc) is 2.48. The first kappa shape index (κ1) is 15.6. The first-order valence-electron chi connectivity index (χ1n) is 8.51. The molecule has 1 nitrogen and oxygen atoms in total. The van der Waals surface area contributed by atoms with E-state index in [1.54, 1.807) is 0 Å². The van der Waals surface area contributed by atoms with E-state index in [4.69, 9.17) is 0 Å². The summed E-state index contributed by atoms with van der Waals surface area (Å²) in [4.78, 5) is 0. The minimum Gasteiger partial charge on any atom is -0.307 e. The Morgan fingerprint density at radius 1 is 1.15 bits per heavy atom. The number of nitrogens with one attached hydrogen (secondary N) is 1. The van der Waals surface area contributed by atoms with Gasteiger partial charge in [-0.2, -0.15) is 0 Å². The second kappa shape index (κ2) is 7.83. The van der Waals surface area contributed by atoms with Crippen LogP contribution in [0.4, 0.5) is 0 Å². The van der Waals surface area contributed by atoms with Crippen LogP contribution in [0.25, 0.3) is 0 Å². The van der Waals surface area contributed by atoms with Crippen LogP contribution in [0.15, 0.2) is 30.3 Å². The summed E-state index contributed by atoms with van der Waals surface area (Å²) in [6.45, 7) is 7.05. The summed E-state index contributed by atoms with van der Waals surface area (Å²) in [7, 11) is 0.